The van der Waals surface area contributed by atoms with E-state index in [-0.39, 0.29) is 0 Å². The molecular weight excluding hydrogens is 276 g/mol. The van der Waals surface area contributed by atoms with Crippen molar-refractivity contribution >= 4 is 16.7 Å². The molecule has 108 valence electrons. The van der Waals surface area contributed by atoms with Gasteiger partial charge in [0.15, 0.2) is 17.1 Å². The Bertz CT molecular complexity index is 984. The molecule has 0 bridgehead atoms. The zero-order chi connectivity index (χ0) is 14.7. The van der Waals surface area contributed by atoms with Gasteiger partial charge in [-0.25, -0.2) is 14.5 Å². The largest absolute Gasteiger partial charge is 0.250 e. The predicted molar refractivity (Wildman–Crippen MR) is 81.6 cm³/mol. The van der Waals surface area contributed by atoms with Crippen molar-refractivity contribution in [2.45, 2.75) is 18.3 Å². The molecule has 1 aromatic carbocycles. The fourth-order valence-corrected chi connectivity index (χ4v) is 3.16. The SMILES string of the molecule is Cn1ncc2c1ncn1nc([C@H]3C[C@@H]3c3ccccc3)nc21. The van der Waals surface area contributed by atoms with Crippen LogP contribution in [0.15, 0.2) is 42.9 Å². The Morgan fingerprint density at radius 1 is 1.09 bits per heavy atom. The Morgan fingerprint density at radius 3 is 2.82 bits per heavy atom. The summed E-state index contributed by atoms with van der Waals surface area (Å²) in [6.07, 6.45) is 4.64. The zero-order valence-electron chi connectivity index (χ0n) is 12.1. The summed E-state index contributed by atoms with van der Waals surface area (Å²) in [6, 6.07) is 10.6. The number of hydrogen-bond donors (Lipinski definition) is 0. The minimum atomic E-state index is 0.411. The van der Waals surface area contributed by atoms with Gasteiger partial charge in [0.1, 0.15) is 6.33 Å². The van der Waals surface area contributed by atoms with Crippen LogP contribution >= 0.6 is 0 Å². The summed E-state index contributed by atoms with van der Waals surface area (Å²) in [5, 5.41) is 9.81. The van der Waals surface area contributed by atoms with E-state index in [1.54, 1.807) is 21.7 Å². The standard InChI is InChI=1S/C16H14N6/c1-21-15-13(8-18-21)16-19-14(20-22(16)9-17-15)12-7-11(12)10-5-3-2-4-6-10/h2-6,8-9,11-12H,7H2,1H3/t11-,12+/m1/s1. The van der Waals surface area contributed by atoms with Crippen LogP contribution in [-0.4, -0.2) is 29.4 Å². The Hall–Kier alpha value is -2.76. The van der Waals surface area contributed by atoms with E-state index in [9.17, 15) is 0 Å². The molecule has 2 atom stereocenters. The van der Waals surface area contributed by atoms with E-state index >= 15 is 0 Å². The highest BCUT2D eigenvalue weighted by atomic mass is 15.3. The molecule has 1 aliphatic carbocycles. The third-order valence-corrected chi connectivity index (χ3v) is 4.44. The van der Waals surface area contributed by atoms with E-state index in [1.807, 2.05) is 7.05 Å². The number of rotatable bonds is 2. The van der Waals surface area contributed by atoms with Gasteiger partial charge in [-0.05, 0) is 17.9 Å². The smallest absolute Gasteiger partial charge is 0.170 e. The van der Waals surface area contributed by atoms with Crippen molar-refractivity contribution in [3.63, 3.8) is 0 Å². The minimum Gasteiger partial charge on any atom is -0.250 e. The molecule has 1 saturated carbocycles. The number of aromatic nitrogens is 6. The first-order chi connectivity index (χ1) is 10.8. The molecule has 0 unspecified atom stereocenters. The fraction of sp³-hybridized carbons (Fsp3) is 0.250. The van der Waals surface area contributed by atoms with E-state index < -0.39 is 0 Å². The second kappa shape index (κ2) is 4.13. The van der Waals surface area contributed by atoms with Crippen molar-refractivity contribution in [2.24, 2.45) is 7.05 Å². The summed E-state index contributed by atoms with van der Waals surface area (Å²) in [5.41, 5.74) is 3.05. The summed E-state index contributed by atoms with van der Waals surface area (Å²) in [4.78, 5) is 9.15. The van der Waals surface area contributed by atoms with Crippen molar-refractivity contribution in [1.29, 1.82) is 0 Å². The molecule has 0 N–H and O–H groups in total. The van der Waals surface area contributed by atoms with Crippen molar-refractivity contribution in [1.82, 2.24) is 29.4 Å². The summed E-state index contributed by atoms with van der Waals surface area (Å²) < 4.78 is 3.52. The maximum atomic E-state index is 4.75. The van der Waals surface area contributed by atoms with Gasteiger partial charge >= 0.3 is 0 Å². The number of aryl methyl sites for hydroxylation is 1. The van der Waals surface area contributed by atoms with Gasteiger partial charge in [0.25, 0.3) is 0 Å². The lowest BCUT2D eigenvalue weighted by Crippen LogP contribution is -1.95. The molecule has 0 spiro atoms. The lowest BCUT2D eigenvalue weighted by molar-refractivity contribution is 0.781. The lowest BCUT2D eigenvalue weighted by atomic mass is 10.1. The highest BCUT2D eigenvalue weighted by Crippen LogP contribution is 2.53. The molecule has 22 heavy (non-hydrogen) atoms. The molecule has 5 rings (SSSR count). The Labute approximate surface area is 126 Å². The van der Waals surface area contributed by atoms with Gasteiger partial charge in [-0.15, -0.1) is 5.10 Å². The molecule has 3 heterocycles. The lowest BCUT2D eigenvalue weighted by Gasteiger charge is -1.96. The van der Waals surface area contributed by atoms with Crippen LogP contribution in [0.5, 0.6) is 0 Å². The van der Waals surface area contributed by atoms with Crippen molar-refractivity contribution in [3.8, 4) is 0 Å². The average molecular weight is 290 g/mol. The van der Waals surface area contributed by atoms with Crippen LogP contribution in [0.25, 0.3) is 16.7 Å². The van der Waals surface area contributed by atoms with E-state index in [2.05, 4.69) is 45.5 Å². The van der Waals surface area contributed by atoms with Gasteiger partial charge in [0.2, 0.25) is 0 Å². The molecule has 0 aliphatic heterocycles. The Balaban J connectivity index is 1.58. The van der Waals surface area contributed by atoms with Crippen LogP contribution in [0.2, 0.25) is 0 Å². The van der Waals surface area contributed by atoms with Gasteiger partial charge in [0.05, 0.1) is 11.6 Å². The summed E-state index contributed by atoms with van der Waals surface area (Å²) in [5.74, 6) is 1.86. The summed E-state index contributed by atoms with van der Waals surface area (Å²) >= 11 is 0. The summed E-state index contributed by atoms with van der Waals surface area (Å²) in [6.45, 7) is 0. The topological polar surface area (TPSA) is 60.9 Å². The summed E-state index contributed by atoms with van der Waals surface area (Å²) in [7, 11) is 1.88. The number of fused-ring (bicyclic) bond motifs is 3. The first-order valence-electron chi connectivity index (χ1n) is 7.39. The maximum Gasteiger partial charge on any atom is 0.170 e. The molecule has 6 nitrogen and oxygen atoms in total. The van der Waals surface area contributed by atoms with Crippen LogP contribution in [0.4, 0.5) is 0 Å². The van der Waals surface area contributed by atoms with Crippen LogP contribution in [0, 0.1) is 0 Å². The molecule has 0 radical (unpaired) electrons. The predicted octanol–water partition coefficient (Wildman–Crippen LogP) is 2.28. The Morgan fingerprint density at radius 2 is 1.95 bits per heavy atom. The first kappa shape index (κ1) is 11.9. The average Bonchev–Trinajstić information content (AvgIpc) is 3.09. The van der Waals surface area contributed by atoms with Crippen molar-refractivity contribution in [2.75, 3.05) is 0 Å². The highest BCUT2D eigenvalue weighted by molar-refractivity contribution is 5.88. The highest BCUT2D eigenvalue weighted by Gasteiger charge is 2.42. The monoisotopic (exact) mass is 290 g/mol. The van der Waals surface area contributed by atoms with Crippen molar-refractivity contribution in [3.05, 3.63) is 54.2 Å². The molecule has 1 fully saturated rings. The van der Waals surface area contributed by atoms with Crippen LogP contribution in [0.1, 0.15) is 29.6 Å². The first-order valence-corrected chi connectivity index (χ1v) is 7.39. The third-order valence-electron chi connectivity index (χ3n) is 4.44. The van der Waals surface area contributed by atoms with Crippen molar-refractivity contribution < 1.29 is 0 Å². The van der Waals surface area contributed by atoms with E-state index in [1.165, 1.54) is 5.56 Å². The second-order valence-corrected chi connectivity index (χ2v) is 5.85. The number of nitrogens with zero attached hydrogens (tertiary/aromatic N) is 6. The van der Waals surface area contributed by atoms with Gasteiger partial charge in [-0.3, -0.25) is 4.68 Å². The molecule has 1 aliphatic rings. The fourth-order valence-electron chi connectivity index (χ4n) is 3.16. The second-order valence-electron chi connectivity index (χ2n) is 5.85. The van der Waals surface area contributed by atoms with Crippen LogP contribution in [-0.2, 0) is 7.05 Å². The normalized spacial score (nSPS) is 20.8. The van der Waals surface area contributed by atoms with Crippen LogP contribution < -0.4 is 0 Å². The third kappa shape index (κ3) is 1.60. The van der Waals surface area contributed by atoms with Gasteiger partial charge in [-0.2, -0.15) is 5.10 Å². The van der Waals surface area contributed by atoms with Crippen LogP contribution in [0.3, 0.4) is 0 Å². The van der Waals surface area contributed by atoms with E-state index in [0.717, 1.165) is 28.9 Å². The van der Waals surface area contributed by atoms with Gasteiger partial charge in [-0.1, -0.05) is 30.3 Å². The molecule has 6 heteroatoms. The van der Waals surface area contributed by atoms with Gasteiger partial charge < -0.3 is 0 Å². The maximum absolute atomic E-state index is 4.75. The minimum absolute atomic E-state index is 0.411. The zero-order valence-corrected chi connectivity index (χ0v) is 12.1. The van der Waals surface area contributed by atoms with E-state index in [0.29, 0.717) is 11.8 Å². The quantitative estimate of drug-likeness (QED) is 0.568. The molecule has 4 aromatic rings. The molecule has 0 amide bonds. The number of benzene rings is 1. The van der Waals surface area contributed by atoms with E-state index in [4.69, 9.17) is 4.98 Å². The number of hydrogen-bond acceptors (Lipinski definition) is 4. The van der Waals surface area contributed by atoms with Gasteiger partial charge in [0, 0.05) is 13.0 Å². The molecule has 3 aromatic heterocycles. The Kier molecular flexibility index (Phi) is 2.22. The molecule has 0 saturated heterocycles. The molecular formula is C16H14N6.